The monoisotopic (exact) mass is 431 g/mol. The Morgan fingerprint density at radius 1 is 0.906 bits per heavy atom. The number of carbonyl (C=O) groups excluding carboxylic acids is 3. The van der Waals surface area contributed by atoms with Crippen LogP contribution in [0.25, 0.3) is 0 Å². The van der Waals surface area contributed by atoms with Crippen LogP contribution in [0.5, 0.6) is 0 Å². The summed E-state index contributed by atoms with van der Waals surface area (Å²) < 4.78 is 0. The lowest BCUT2D eigenvalue weighted by Gasteiger charge is -2.26. The van der Waals surface area contributed by atoms with Gasteiger partial charge in [0, 0.05) is 43.0 Å². The number of nitrogens with one attached hydrogen (secondary N) is 1. The van der Waals surface area contributed by atoms with E-state index in [-0.39, 0.29) is 24.1 Å². The van der Waals surface area contributed by atoms with E-state index in [4.69, 9.17) is 0 Å². The van der Waals surface area contributed by atoms with Crippen molar-refractivity contribution in [3.8, 4) is 0 Å². The average molecular weight is 432 g/mol. The number of hydrogen-bond donors (Lipinski definition) is 1. The van der Waals surface area contributed by atoms with Crippen LogP contribution >= 0.6 is 0 Å². The molecule has 2 saturated heterocycles. The fourth-order valence-electron chi connectivity index (χ4n) is 5.11. The molecule has 2 aromatic carbocycles. The summed E-state index contributed by atoms with van der Waals surface area (Å²) >= 11 is 0. The highest BCUT2D eigenvalue weighted by molar-refractivity contribution is 6.04. The molecule has 166 valence electrons. The maximum absolute atomic E-state index is 12.9. The zero-order valence-electron chi connectivity index (χ0n) is 18.3. The van der Waals surface area contributed by atoms with Gasteiger partial charge in [0.2, 0.25) is 11.8 Å². The lowest BCUT2D eigenvalue weighted by Crippen LogP contribution is -2.35. The molecule has 3 amide bonds. The van der Waals surface area contributed by atoms with Gasteiger partial charge in [-0.1, -0.05) is 12.1 Å². The SMILES string of the molecule is O=C(Nc1cccc(C(=O)N2CCCCC2)c1)C1CC(=O)N(c2ccc3c(c2)CCC3)C1. The van der Waals surface area contributed by atoms with Gasteiger partial charge in [-0.15, -0.1) is 0 Å². The fourth-order valence-corrected chi connectivity index (χ4v) is 5.11. The van der Waals surface area contributed by atoms with E-state index in [1.54, 1.807) is 29.2 Å². The molecule has 3 aliphatic rings. The van der Waals surface area contributed by atoms with Crippen LogP contribution in [-0.2, 0) is 22.4 Å². The van der Waals surface area contributed by atoms with Gasteiger partial charge >= 0.3 is 0 Å². The summed E-state index contributed by atoms with van der Waals surface area (Å²) in [6.07, 6.45) is 6.78. The van der Waals surface area contributed by atoms with E-state index in [0.717, 1.165) is 50.9 Å². The van der Waals surface area contributed by atoms with Crippen LogP contribution in [0.4, 0.5) is 11.4 Å². The van der Waals surface area contributed by atoms with Crippen LogP contribution in [0.1, 0.15) is 53.6 Å². The minimum absolute atomic E-state index is 0.0135. The Morgan fingerprint density at radius 2 is 1.72 bits per heavy atom. The zero-order chi connectivity index (χ0) is 22.1. The van der Waals surface area contributed by atoms with Gasteiger partial charge in [0.15, 0.2) is 0 Å². The summed E-state index contributed by atoms with van der Waals surface area (Å²) in [5, 5.41) is 2.93. The molecule has 32 heavy (non-hydrogen) atoms. The Morgan fingerprint density at radius 3 is 2.56 bits per heavy atom. The number of hydrogen-bond acceptors (Lipinski definition) is 3. The van der Waals surface area contributed by atoms with Gasteiger partial charge in [0.25, 0.3) is 5.91 Å². The van der Waals surface area contributed by atoms with Crippen molar-refractivity contribution in [2.45, 2.75) is 44.9 Å². The largest absolute Gasteiger partial charge is 0.339 e. The third-order valence-electron chi connectivity index (χ3n) is 6.91. The van der Waals surface area contributed by atoms with E-state index in [9.17, 15) is 14.4 Å². The van der Waals surface area contributed by atoms with Gasteiger partial charge < -0.3 is 15.1 Å². The first kappa shape index (κ1) is 20.7. The van der Waals surface area contributed by atoms with Crippen LogP contribution in [0.2, 0.25) is 0 Å². The van der Waals surface area contributed by atoms with Crippen molar-refractivity contribution in [1.29, 1.82) is 0 Å². The third kappa shape index (κ3) is 4.14. The Labute approximate surface area is 188 Å². The third-order valence-corrected chi connectivity index (χ3v) is 6.91. The van der Waals surface area contributed by atoms with Crippen LogP contribution in [-0.4, -0.2) is 42.3 Å². The van der Waals surface area contributed by atoms with Gasteiger partial charge in [0.1, 0.15) is 0 Å². The Kier molecular flexibility index (Phi) is 5.68. The lowest BCUT2D eigenvalue weighted by atomic mass is 10.1. The summed E-state index contributed by atoms with van der Waals surface area (Å²) in [5.74, 6) is -0.585. The minimum atomic E-state index is -0.405. The average Bonchev–Trinajstić information content (AvgIpc) is 3.45. The molecule has 1 unspecified atom stereocenters. The maximum Gasteiger partial charge on any atom is 0.253 e. The van der Waals surface area contributed by atoms with Gasteiger partial charge in [0.05, 0.1) is 5.92 Å². The molecule has 2 heterocycles. The molecule has 0 aromatic heterocycles. The summed E-state index contributed by atoms with van der Waals surface area (Å²) in [7, 11) is 0. The second-order valence-electron chi connectivity index (χ2n) is 9.13. The van der Waals surface area contributed by atoms with Crippen LogP contribution in [0, 0.1) is 5.92 Å². The highest BCUT2D eigenvalue weighted by Crippen LogP contribution is 2.31. The number of carbonyl (C=O) groups is 3. The van der Waals surface area contributed by atoms with E-state index in [1.807, 2.05) is 11.0 Å². The van der Waals surface area contributed by atoms with Gasteiger partial charge in [-0.3, -0.25) is 14.4 Å². The molecule has 0 bridgehead atoms. The summed E-state index contributed by atoms with van der Waals surface area (Å²) in [4.78, 5) is 42.0. The van der Waals surface area contributed by atoms with E-state index in [2.05, 4.69) is 17.4 Å². The zero-order valence-corrected chi connectivity index (χ0v) is 18.3. The summed E-state index contributed by atoms with van der Waals surface area (Å²) in [6, 6.07) is 13.3. The Hall–Kier alpha value is -3.15. The van der Waals surface area contributed by atoms with Crippen molar-refractivity contribution in [3.05, 3.63) is 59.2 Å². The number of nitrogens with zero attached hydrogens (tertiary/aromatic N) is 2. The Balaban J connectivity index is 1.24. The van der Waals surface area contributed by atoms with E-state index in [1.165, 1.54) is 17.5 Å². The smallest absolute Gasteiger partial charge is 0.253 e. The van der Waals surface area contributed by atoms with Crippen molar-refractivity contribution in [3.63, 3.8) is 0 Å². The van der Waals surface area contributed by atoms with Crippen molar-refractivity contribution in [1.82, 2.24) is 4.90 Å². The Bertz CT molecular complexity index is 1060. The van der Waals surface area contributed by atoms with Crippen molar-refractivity contribution < 1.29 is 14.4 Å². The van der Waals surface area contributed by atoms with Crippen molar-refractivity contribution in [2.24, 2.45) is 5.92 Å². The predicted octanol–water partition coefficient (Wildman–Crippen LogP) is 3.79. The second-order valence-corrected chi connectivity index (χ2v) is 9.13. The molecule has 5 rings (SSSR count). The number of rotatable bonds is 4. The fraction of sp³-hybridized carbons (Fsp3) is 0.423. The molecule has 2 aromatic rings. The first-order chi connectivity index (χ1) is 15.6. The second kappa shape index (κ2) is 8.77. The molecule has 0 saturated carbocycles. The number of aryl methyl sites for hydroxylation is 2. The standard InChI is InChI=1S/C26H29N3O3/c30-24-16-21(17-29(24)23-11-10-18-6-4-7-19(18)15-23)25(31)27-22-9-5-8-20(14-22)26(32)28-12-2-1-3-13-28/h5,8-11,14-15,21H,1-4,6-7,12-13,16-17H2,(H,27,31). The normalized spacial score (nSPS) is 20.4. The molecule has 1 aliphatic carbocycles. The molecule has 1 atom stereocenters. The highest BCUT2D eigenvalue weighted by atomic mass is 16.2. The molecule has 0 radical (unpaired) electrons. The lowest BCUT2D eigenvalue weighted by molar-refractivity contribution is -0.122. The number of piperidine rings is 1. The topological polar surface area (TPSA) is 69.7 Å². The summed E-state index contributed by atoms with van der Waals surface area (Å²) in [5.41, 5.74) is 4.76. The number of likely N-dealkylation sites (tertiary alicyclic amines) is 1. The number of fused-ring (bicyclic) bond motifs is 1. The minimum Gasteiger partial charge on any atom is -0.339 e. The van der Waals surface area contributed by atoms with Crippen LogP contribution in [0.3, 0.4) is 0 Å². The highest BCUT2D eigenvalue weighted by Gasteiger charge is 2.35. The predicted molar refractivity (Wildman–Crippen MR) is 124 cm³/mol. The number of anilines is 2. The molecule has 0 spiro atoms. The molecule has 6 nitrogen and oxygen atoms in total. The van der Waals surface area contributed by atoms with Crippen molar-refractivity contribution >= 4 is 29.1 Å². The van der Waals surface area contributed by atoms with Gasteiger partial charge in [-0.05, 0) is 80.0 Å². The molecule has 2 aliphatic heterocycles. The molecular weight excluding hydrogens is 402 g/mol. The molecule has 2 fully saturated rings. The maximum atomic E-state index is 12.9. The number of amides is 3. The first-order valence-corrected chi connectivity index (χ1v) is 11.7. The van der Waals surface area contributed by atoms with Gasteiger partial charge in [-0.25, -0.2) is 0 Å². The quantitative estimate of drug-likeness (QED) is 0.801. The van der Waals surface area contributed by atoms with Crippen LogP contribution < -0.4 is 10.2 Å². The molecule has 6 heteroatoms. The number of benzene rings is 2. The molecular formula is C26H29N3O3. The van der Waals surface area contributed by atoms with E-state index >= 15 is 0 Å². The van der Waals surface area contributed by atoms with Crippen molar-refractivity contribution in [2.75, 3.05) is 29.9 Å². The van der Waals surface area contributed by atoms with Crippen LogP contribution in [0.15, 0.2) is 42.5 Å². The molecule has 1 N–H and O–H groups in total. The van der Waals surface area contributed by atoms with E-state index < -0.39 is 5.92 Å². The summed E-state index contributed by atoms with van der Waals surface area (Å²) in [6.45, 7) is 1.96. The first-order valence-electron chi connectivity index (χ1n) is 11.7. The van der Waals surface area contributed by atoms with E-state index in [0.29, 0.717) is 17.8 Å². The van der Waals surface area contributed by atoms with Gasteiger partial charge in [-0.2, -0.15) is 0 Å².